The highest BCUT2D eigenvalue weighted by molar-refractivity contribution is 5.98. The normalized spacial score (nSPS) is 22.4. The Morgan fingerprint density at radius 3 is 2.70 bits per heavy atom. The van der Waals surface area contributed by atoms with Crippen molar-refractivity contribution < 1.29 is 22.7 Å². The van der Waals surface area contributed by atoms with E-state index in [-0.39, 0.29) is 12.5 Å². The van der Waals surface area contributed by atoms with Crippen LogP contribution in [0.4, 0.5) is 13.2 Å². The maximum Gasteiger partial charge on any atom is 0.346 e. The molecule has 27 heavy (non-hydrogen) atoms. The van der Waals surface area contributed by atoms with Gasteiger partial charge in [0.15, 0.2) is 5.78 Å². The number of hydrogen-bond acceptors (Lipinski definition) is 4. The number of benzene rings is 1. The molecule has 0 saturated heterocycles. The molecule has 0 N–H and O–H groups in total. The van der Waals surface area contributed by atoms with Gasteiger partial charge in [-0.25, -0.2) is 4.39 Å². The lowest BCUT2D eigenvalue weighted by Gasteiger charge is -2.33. The Hall–Kier alpha value is -2.85. The summed E-state index contributed by atoms with van der Waals surface area (Å²) in [5.74, 6) is -0.945. The molecular weight excluding hydrogens is 357 g/mol. The van der Waals surface area contributed by atoms with Crippen LogP contribution in [0.5, 0.6) is 0 Å². The molecular formula is C20H15F3N2O2. The Balaban J connectivity index is 1.89. The second kappa shape index (κ2) is 6.71. The van der Waals surface area contributed by atoms with Crippen LogP contribution in [0.15, 0.2) is 53.4 Å². The first kappa shape index (κ1) is 17.6. The maximum atomic E-state index is 13.8. The minimum Gasteiger partial charge on any atom is -0.336 e. The Morgan fingerprint density at radius 2 is 2.07 bits per heavy atom. The van der Waals surface area contributed by atoms with Crippen LogP contribution in [0.2, 0.25) is 0 Å². The van der Waals surface area contributed by atoms with E-state index in [0.717, 1.165) is 12.8 Å². The number of alkyl halides is 2. The Kier molecular flexibility index (Phi) is 4.36. The predicted molar refractivity (Wildman–Crippen MR) is 90.5 cm³/mol. The number of rotatable bonds is 4. The first-order valence-electron chi connectivity index (χ1n) is 8.56. The number of nitrogens with zero attached hydrogens (tertiary/aromatic N) is 2. The van der Waals surface area contributed by atoms with Crippen LogP contribution in [-0.2, 0) is 9.53 Å². The third-order valence-electron chi connectivity index (χ3n) is 4.81. The van der Waals surface area contributed by atoms with Crippen molar-refractivity contribution in [2.75, 3.05) is 0 Å². The molecule has 0 spiro atoms. The molecule has 138 valence electrons. The van der Waals surface area contributed by atoms with Crippen LogP contribution >= 0.6 is 0 Å². The van der Waals surface area contributed by atoms with Gasteiger partial charge >= 0.3 is 6.61 Å². The van der Waals surface area contributed by atoms with E-state index < -0.39 is 24.3 Å². The van der Waals surface area contributed by atoms with Gasteiger partial charge in [-0.3, -0.25) is 4.79 Å². The molecule has 0 bridgehead atoms. The Morgan fingerprint density at radius 1 is 1.30 bits per heavy atom. The van der Waals surface area contributed by atoms with Crippen molar-refractivity contribution in [3.05, 3.63) is 64.8 Å². The van der Waals surface area contributed by atoms with Gasteiger partial charge in [-0.05, 0) is 47.8 Å². The summed E-state index contributed by atoms with van der Waals surface area (Å²) in [4.78, 5) is 14.0. The monoisotopic (exact) mass is 372 g/mol. The molecule has 1 atom stereocenters. The highest BCUT2D eigenvalue weighted by Crippen LogP contribution is 2.44. The Labute approximate surface area is 153 Å². The molecule has 1 saturated carbocycles. The van der Waals surface area contributed by atoms with Gasteiger partial charge in [-0.15, -0.1) is 0 Å². The SMILES string of the molecule is N#CC1=C(c2cccc(F)c2)C2=CC(OC(F)F)C(=O)CC2=CN1C1CC1. The van der Waals surface area contributed by atoms with E-state index in [9.17, 15) is 23.2 Å². The van der Waals surface area contributed by atoms with Gasteiger partial charge in [0.1, 0.15) is 23.7 Å². The predicted octanol–water partition coefficient (Wildman–Crippen LogP) is 3.93. The fraction of sp³-hybridized carbons (Fsp3) is 0.300. The zero-order valence-electron chi connectivity index (χ0n) is 14.2. The van der Waals surface area contributed by atoms with E-state index in [4.69, 9.17) is 0 Å². The van der Waals surface area contributed by atoms with Crippen molar-refractivity contribution in [2.45, 2.75) is 38.0 Å². The van der Waals surface area contributed by atoms with Gasteiger partial charge in [0.05, 0.1) is 0 Å². The molecule has 4 rings (SSSR count). The van der Waals surface area contributed by atoms with E-state index in [1.165, 1.54) is 24.3 Å². The summed E-state index contributed by atoms with van der Waals surface area (Å²) in [6, 6.07) is 8.08. The third kappa shape index (κ3) is 3.28. The summed E-state index contributed by atoms with van der Waals surface area (Å²) < 4.78 is 43.6. The van der Waals surface area contributed by atoms with Crippen molar-refractivity contribution in [3.8, 4) is 6.07 Å². The molecule has 1 unspecified atom stereocenters. The van der Waals surface area contributed by atoms with Crippen molar-refractivity contribution >= 4 is 11.4 Å². The van der Waals surface area contributed by atoms with Crippen LogP contribution in [0, 0.1) is 17.1 Å². The van der Waals surface area contributed by atoms with Crippen molar-refractivity contribution in [3.63, 3.8) is 0 Å². The number of carbonyl (C=O) groups is 1. The van der Waals surface area contributed by atoms with Crippen molar-refractivity contribution in [2.24, 2.45) is 0 Å². The number of ether oxygens (including phenoxy) is 1. The lowest BCUT2D eigenvalue weighted by molar-refractivity contribution is -0.165. The lowest BCUT2D eigenvalue weighted by atomic mass is 9.81. The minimum atomic E-state index is -3.09. The van der Waals surface area contributed by atoms with Gasteiger partial charge in [0.25, 0.3) is 0 Å². The lowest BCUT2D eigenvalue weighted by Crippen LogP contribution is -2.33. The number of halogens is 3. The number of nitriles is 1. The van der Waals surface area contributed by atoms with Crippen LogP contribution in [-0.4, -0.2) is 29.4 Å². The largest absolute Gasteiger partial charge is 0.346 e. The third-order valence-corrected chi connectivity index (χ3v) is 4.81. The summed E-state index contributed by atoms with van der Waals surface area (Å²) in [7, 11) is 0. The number of fused-ring (bicyclic) bond motifs is 1. The van der Waals surface area contributed by atoms with E-state index in [1.807, 2.05) is 4.90 Å². The van der Waals surface area contributed by atoms with Gasteiger partial charge in [-0.2, -0.15) is 14.0 Å². The summed E-state index contributed by atoms with van der Waals surface area (Å²) in [6.07, 6.45) is 3.40. The number of hydrogen-bond donors (Lipinski definition) is 0. The molecule has 1 fully saturated rings. The van der Waals surface area contributed by atoms with E-state index in [0.29, 0.717) is 28.0 Å². The van der Waals surface area contributed by atoms with E-state index in [2.05, 4.69) is 10.8 Å². The molecule has 3 aliphatic rings. The topological polar surface area (TPSA) is 53.3 Å². The van der Waals surface area contributed by atoms with Crippen molar-refractivity contribution in [1.82, 2.24) is 4.90 Å². The zero-order valence-corrected chi connectivity index (χ0v) is 14.2. The van der Waals surface area contributed by atoms with Gasteiger partial charge < -0.3 is 9.64 Å². The van der Waals surface area contributed by atoms with Crippen LogP contribution in [0.1, 0.15) is 24.8 Å². The molecule has 0 aromatic heterocycles. The number of ketones is 1. The van der Waals surface area contributed by atoms with Gasteiger partial charge in [0, 0.05) is 24.2 Å². The smallest absolute Gasteiger partial charge is 0.336 e. The van der Waals surface area contributed by atoms with Gasteiger partial charge in [-0.1, -0.05) is 12.1 Å². The van der Waals surface area contributed by atoms with E-state index in [1.54, 1.807) is 12.3 Å². The molecule has 4 nitrogen and oxygen atoms in total. The number of allylic oxidation sites excluding steroid dienone is 4. The maximum absolute atomic E-state index is 13.8. The fourth-order valence-electron chi connectivity index (χ4n) is 3.50. The molecule has 1 aliphatic heterocycles. The van der Waals surface area contributed by atoms with Crippen molar-refractivity contribution in [1.29, 1.82) is 5.26 Å². The second-order valence-electron chi connectivity index (χ2n) is 6.68. The molecule has 2 aliphatic carbocycles. The standard InChI is InChI=1S/C20H15F3N2O2/c21-13-3-1-2-11(6-13)19-15-8-18(27-20(22)23)17(26)7-12(15)10-25(14-4-5-14)16(19)9-24/h1-3,6,8,10,14,18,20H,4-5,7H2. The molecule has 1 aromatic carbocycles. The van der Waals surface area contributed by atoms with Gasteiger partial charge in [0.2, 0.25) is 0 Å². The number of carbonyl (C=O) groups excluding carboxylic acids is 1. The quantitative estimate of drug-likeness (QED) is 0.804. The summed E-state index contributed by atoms with van der Waals surface area (Å²) in [6.45, 7) is -3.09. The number of Topliss-reactive ketones (excluding diaryl/α,β-unsaturated/α-hetero) is 1. The van der Waals surface area contributed by atoms with Crippen LogP contribution in [0.25, 0.3) is 5.57 Å². The molecule has 0 radical (unpaired) electrons. The average Bonchev–Trinajstić information content (AvgIpc) is 3.45. The molecule has 7 heteroatoms. The second-order valence-corrected chi connectivity index (χ2v) is 6.68. The van der Waals surface area contributed by atoms with Crippen LogP contribution < -0.4 is 0 Å². The molecule has 1 aromatic rings. The summed E-state index contributed by atoms with van der Waals surface area (Å²) in [5, 5.41) is 9.77. The van der Waals surface area contributed by atoms with E-state index >= 15 is 0 Å². The minimum absolute atomic E-state index is 0.0794. The zero-order chi connectivity index (χ0) is 19.1. The van der Waals surface area contributed by atoms with Crippen LogP contribution in [0.3, 0.4) is 0 Å². The first-order valence-corrected chi connectivity index (χ1v) is 8.56. The Bertz CT molecular complexity index is 939. The first-order chi connectivity index (χ1) is 13.0. The highest BCUT2D eigenvalue weighted by atomic mass is 19.3. The molecule has 0 amide bonds. The summed E-state index contributed by atoms with van der Waals surface area (Å²) >= 11 is 0. The summed E-state index contributed by atoms with van der Waals surface area (Å²) in [5.41, 5.74) is 2.32. The molecule has 1 heterocycles. The average molecular weight is 372 g/mol. The fourth-order valence-corrected chi connectivity index (χ4v) is 3.50. The highest BCUT2D eigenvalue weighted by Gasteiger charge is 2.39.